The van der Waals surface area contributed by atoms with Crippen LogP contribution in [0, 0.1) is 6.92 Å². The maximum Gasteiger partial charge on any atom is 0.335 e. The van der Waals surface area contributed by atoms with Gasteiger partial charge in [0.1, 0.15) is 5.75 Å². The van der Waals surface area contributed by atoms with E-state index in [-0.39, 0.29) is 11.6 Å². The van der Waals surface area contributed by atoms with Gasteiger partial charge in [-0.3, -0.25) is 0 Å². The highest BCUT2D eigenvalue weighted by atomic mass is 16.5. The molecule has 5 nitrogen and oxygen atoms in total. The number of benzene rings is 1. The summed E-state index contributed by atoms with van der Waals surface area (Å²) in [5.41, 5.74) is 0.886. The van der Waals surface area contributed by atoms with Crippen molar-refractivity contribution in [2.24, 2.45) is 0 Å². The van der Waals surface area contributed by atoms with E-state index in [0.29, 0.717) is 11.3 Å². The van der Waals surface area contributed by atoms with Gasteiger partial charge in [-0.25, -0.2) is 14.8 Å². The van der Waals surface area contributed by atoms with Gasteiger partial charge in [-0.05, 0) is 36.8 Å². The Balaban J connectivity index is 2.24. The van der Waals surface area contributed by atoms with Gasteiger partial charge in [-0.1, -0.05) is 0 Å². The van der Waals surface area contributed by atoms with Crippen molar-refractivity contribution in [1.82, 2.24) is 9.97 Å². The van der Waals surface area contributed by atoms with Crippen molar-refractivity contribution in [3.8, 4) is 11.8 Å². The Morgan fingerprint density at radius 3 is 2.59 bits per heavy atom. The van der Waals surface area contributed by atoms with E-state index in [2.05, 4.69) is 9.97 Å². The average molecular weight is 230 g/mol. The first kappa shape index (κ1) is 11.1. The van der Waals surface area contributed by atoms with Gasteiger partial charge in [-0.2, -0.15) is 0 Å². The molecule has 0 aliphatic heterocycles. The third-order valence-corrected chi connectivity index (χ3v) is 2.18. The van der Waals surface area contributed by atoms with Crippen LogP contribution in [-0.4, -0.2) is 21.0 Å². The van der Waals surface area contributed by atoms with Crippen LogP contribution in [0.2, 0.25) is 0 Å². The molecule has 86 valence electrons. The first-order chi connectivity index (χ1) is 8.16. The number of carbonyl (C=O) groups is 1. The van der Waals surface area contributed by atoms with E-state index in [0.717, 1.165) is 0 Å². The average Bonchev–Trinajstić information content (AvgIpc) is 2.30. The molecule has 0 amide bonds. The number of hydrogen-bond acceptors (Lipinski definition) is 4. The van der Waals surface area contributed by atoms with E-state index < -0.39 is 5.97 Å². The second-order valence-electron chi connectivity index (χ2n) is 3.42. The van der Waals surface area contributed by atoms with Gasteiger partial charge in [0.15, 0.2) is 0 Å². The lowest BCUT2D eigenvalue weighted by Crippen LogP contribution is -1.99. The molecule has 1 aromatic heterocycles. The highest BCUT2D eigenvalue weighted by Gasteiger charge is 2.08. The second-order valence-corrected chi connectivity index (χ2v) is 3.42. The predicted octanol–water partition coefficient (Wildman–Crippen LogP) is 2.28. The van der Waals surface area contributed by atoms with Crippen molar-refractivity contribution in [2.75, 3.05) is 0 Å². The van der Waals surface area contributed by atoms with E-state index in [1.807, 2.05) is 0 Å². The van der Waals surface area contributed by atoms with Crippen LogP contribution in [0.15, 0.2) is 36.7 Å². The van der Waals surface area contributed by atoms with Gasteiger partial charge in [-0.15, -0.1) is 0 Å². The third kappa shape index (κ3) is 2.57. The number of ether oxygens (including phenoxy) is 1. The number of nitrogens with zero attached hydrogens (tertiary/aromatic N) is 2. The standard InChI is InChI=1S/C12H10N2O3/c1-8-7-9(3-4-10(8)11(15)16)17-12-13-5-2-6-14-12/h2-7H,1H3,(H,15,16). The largest absolute Gasteiger partial charge is 0.478 e. The predicted molar refractivity (Wildman–Crippen MR) is 60.2 cm³/mol. The summed E-state index contributed by atoms with van der Waals surface area (Å²) in [6.45, 7) is 1.71. The summed E-state index contributed by atoms with van der Waals surface area (Å²) in [5, 5.41) is 8.88. The number of hydrogen-bond donors (Lipinski definition) is 1. The van der Waals surface area contributed by atoms with E-state index in [1.54, 1.807) is 37.5 Å². The third-order valence-electron chi connectivity index (χ3n) is 2.18. The zero-order chi connectivity index (χ0) is 12.3. The molecule has 1 N–H and O–H groups in total. The van der Waals surface area contributed by atoms with Crippen LogP contribution in [0.4, 0.5) is 0 Å². The van der Waals surface area contributed by atoms with Gasteiger partial charge in [0.25, 0.3) is 0 Å². The minimum absolute atomic E-state index is 0.231. The summed E-state index contributed by atoms with van der Waals surface area (Å²) in [5.74, 6) is -0.441. The van der Waals surface area contributed by atoms with Crippen LogP contribution in [0.5, 0.6) is 11.8 Å². The second kappa shape index (κ2) is 4.61. The molecule has 2 rings (SSSR count). The molecular formula is C12H10N2O3. The van der Waals surface area contributed by atoms with Crippen molar-refractivity contribution in [1.29, 1.82) is 0 Å². The molecule has 1 heterocycles. The van der Waals surface area contributed by atoms with Gasteiger partial charge in [0, 0.05) is 12.4 Å². The zero-order valence-corrected chi connectivity index (χ0v) is 9.12. The number of aromatic carboxylic acids is 1. The minimum Gasteiger partial charge on any atom is -0.478 e. The van der Waals surface area contributed by atoms with Crippen molar-refractivity contribution in [3.63, 3.8) is 0 Å². The molecule has 0 bridgehead atoms. The van der Waals surface area contributed by atoms with Gasteiger partial charge >= 0.3 is 12.0 Å². The monoisotopic (exact) mass is 230 g/mol. The lowest BCUT2D eigenvalue weighted by Gasteiger charge is -2.05. The molecule has 0 fully saturated rings. The Bertz CT molecular complexity index is 541. The van der Waals surface area contributed by atoms with Crippen LogP contribution in [0.25, 0.3) is 0 Å². The Morgan fingerprint density at radius 2 is 2.00 bits per heavy atom. The maximum atomic E-state index is 10.8. The van der Waals surface area contributed by atoms with Crippen LogP contribution in [-0.2, 0) is 0 Å². The van der Waals surface area contributed by atoms with E-state index in [4.69, 9.17) is 9.84 Å². The fourth-order valence-electron chi connectivity index (χ4n) is 1.38. The Morgan fingerprint density at radius 1 is 1.29 bits per heavy atom. The van der Waals surface area contributed by atoms with Crippen molar-refractivity contribution >= 4 is 5.97 Å². The summed E-state index contributed by atoms with van der Waals surface area (Å²) in [7, 11) is 0. The molecule has 0 saturated carbocycles. The van der Waals surface area contributed by atoms with Gasteiger partial charge in [0.2, 0.25) is 0 Å². The molecule has 0 unspecified atom stereocenters. The maximum absolute atomic E-state index is 10.8. The molecule has 5 heteroatoms. The molecule has 0 atom stereocenters. The topological polar surface area (TPSA) is 72.3 Å². The molecular weight excluding hydrogens is 220 g/mol. The van der Waals surface area contributed by atoms with E-state index >= 15 is 0 Å². The first-order valence-corrected chi connectivity index (χ1v) is 4.95. The molecule has 0 spiro atoms. The molecule has 0 aliphatic rings. The lowest BCUT2D eigenvalue weighted by atomic mass is 10.1. The smallest absolute Gasteiger partial charge is 0.335 e. The number of aryl methyl sites for hydroxylation is 1. The molecule has 17 heavy (non-hydrogen) atoms. The summed E-state index contributed by atoms with van der Waals surface area (Å²) in [4.78, 5) is 18.6. The number of carboxylic acid groups (broad SMARTS) is 1. The Kier molecular flexibility index (Phi) is 3.00. The Hall–Kier alpha value is -2.43. The number of aromatic nitrogens is 2. The van der Waals surface area contributed by atoms with Crippen molar-refractivity contribution in [2.45, 2.75) is 6.92 Å². The first-order valence-electron chi connectivity index (χ1n) is 4.95. The lowest BCUT2D eigenvalue weighted by molar-refractivity contribution is 0.0696. The molecule has 0 aliphatic carbocycles. The summed E-state index contributed by atoms with van der Waals surface area (Å²) in [6, 6.07) is 6.63. The van der Waals surface area contributed by atoms with Gasteiger partial charge in [0.05, 0.1) is 5.56 Å². The molecule has 2 aromatic rings. The van der Waals surface area contributed by atoms with E-state index in [9.17, 15) is 4.79 Å². The fourth-order valence-corrected chi connectivity index (χ4v) is 1.38. The summed E-state index contributed by atoms with van der Waals surface area (Å²) < 4.78 is 5.38. The SMILES string of the molecule is Cc1cc(Oc2ncccn2)ccc1C(=O)O. The normalized spacial score (nSPS) is 9.94. The quantitative estimate of drug-likeness (QED) is 0.875. The van der Waals surface area contributed by atoms with E-state index in [1.165, 1.54) is 6.07 Å². The molecule has 0 radical (unpaired) electrons. The van der Waals surface area contributed by atoms with Crippen LogP contribution in [0.1, 0.15) is 15.9 Å². The van der Waals surface area contributed by atoms with Crippen molar-refractivity contribution in [3.05, 3.63) is 47.8 Å². The fraction of sp³-hybridized carbons (Fsp3) is 0.0833. The highest BCUT2D eigenvalue weighted by Crippen LogP contribution is 2.20. The molecule has 1 aromatic carbocycles. The summed E-state index contributed by atoms with van der Waals surface area (Å²) in [6.07, 6.45) is 3.14. The van der Waals surface area contributed by atoms with Crippen LogP contribution in [0.3, 0.4) is 0 Å². The van der Waals surface area contributed by atoms with Crippen molar-refractivity contribution < 1.29 is 14.6 Å². The van der Waals surface area contributed by atoms with Crippen LogP contribution < -0.4 is 4.74 Å². The minimum atomic E-state index is -0.954. The zero-order valence-electron chi connectivity index (χ0n) is 9.12. The number of rotatable bonds is 3. The highest BCUT2D eigenvalue weighted by molar-refractivity contribution is 5.89. The van der Waals surface area contributed by atoms with Crippen LogP contribution >= 0.6 is 0 Å². The number of carboxylic acids is 1. The van der Waals surface area contributed by atoms with Gasteiger partial charge < -0.3 is 9.84 Å². The Labute approximate surface area is 97.7 Å². The molecule has 0 saturated heterocycles. The summed E-state index contributed by atoms with van der Waals surface area (Å²) >= 11 is 0.